The molecule has 0 saturated carbocycles. The van der Waals surface area contributed by atoms with Crippen molar-refractivity contribution in [2.75, 3.05) is 39.8 Å². The number of cyclic esters (lactones) is 1. The first kappa shape index (κ1) is 43.0. The summed E-state index contributed by atoms with van der Waals surface area (Å²) in [5.41, 5.74) is 4.68. The summed E-state index contributed by atoms with van der Waals surface area (Å²) in [5, 5.41) is 0. The quantitative estimate of drug-likeness (QED) is 0.0631. The molecule has 0 N–H and O–H groups in total. The molecule has 0 aromatic heterocycles. The highest BCUT2D eigenvalue weighted by Crippen LogP contribution is 2.35. The molecule has 55 heavy (non-hydrogen) atoms. The topological polar surface area (TPSA) is 113 Å². The molecule has 0 unspecified atom stereocenters. The smallest absolute Gasteiger partial charge is 0.410 e. The molecule has 1 saturated heterocycles. The van der Waals surface area contributed by atoms with Crippen LogP contribution >= 0.6 is 0 Å². The summed E-state index contributed by atoms with van der Waals surface area (Å²) in [6.07, 6.45) is -0.0193. The van der Waals surface area contributed by atoms with E-state index in [-0.39, 0.29) is 37.2 Å². The molecule has 1 atom stereocenters. The first-order valence-electron chi connectivity index (χ1n) is 19.2. The minimum absolute atomic E-state index is 0.0601. The Hall–Kier alpha value is -3.09. The number of nitrogens with zero attached hydrogens (tertiary/aromatic N) is 2. The van der Waals surface area contributed by atoms with Crippen LogP contribution in [0.4, 0.5) is 4.79 Å². The highest BCUT2D eigenvalue weighted by molar-refractivity contribution is 7.89. The van der Waals surface area contributed by atoms with Crippen molar-refractivity contribution < 1.29 is 41.6 Å². The number of fused-ring (bicyclic) bond motifs is 1. The molecule has 0 radical (unpaired) electrons. The van der Waals surface area contributed by atoms with Gasteiger partial charge in [-0.25, -0.2) is 13.2 Å². The van der Waals surface area contributed by atoms with Gasteiger partial charge in [-0.15, -0.1) is 4.31 Å². The molecule has 1 fully saturated rings. The van der Waals surface area contributed by atoms with Crippen LogP contribution in [0.15, 0.2) is 71.6 Å². The Kier molecular flexibility index (Phi) is 14.4. The summed E-state index contributed by atoms with van der Waals surface area (Å²) in [7, 11) is -6.54. The van der Waals surface area contributed by atoms with Gasteiger partial charge in [-0.05, 0) is 65.0 Å². The Morgan fingerprint density at radius 2 is 1.44 bits per heavy atom. The highest BCUT2D eigenvalue weighted by atomic mass is 32.2. The van der Waals surface area contributed by atoms with E-state index in [4.69, 9.17) is 28.4 Å². The zero-order chi connectivity index (χ0) is 39.9. The predicted molar refractivity (Wildman–Crippen MR) is 219 cm³/mol. The monoisotopic (exact) mass is 812 g/mol. The van der Waals surface area contributed by atoms with E-state index in [1.165, 1.54) is 4.31 Å². The van der Waals surface area contributed by atoms with Gasteiger partial charge in [0.1, 0.15) is 25.3 Å². The van der Waals surface area contributed by atoms with E-state index in [1.807, 2.05) is 56.3 Å². The molecule has 11 nitrogen and oxygen atoms in total. The SMILES string of the molecule is CC1(C)OCc2cc([C@@H]3CN(CCc4cccc(COCc5cccc(S(=O)(=O)N(COCC[Si](C)(C)C)COCC[Si](C)(C)C)c5)c4)C(=O)O3)ccc2O1. The lowest BCUT2D eigenvalue weighted by Crippen LogP contribution is -2.36. The van der Waals surface area contributed by atoms with Crippen molar-refractivity contribution in [1.29, 1.82) is 0 Å². The van der Waals surface area contributed by atoms with Crippen molar-refractivity contribution >= 4 is 32.3 Å². The maximum Gasteiger partial charge on any atom is 0.410 e. The van der Waals surface area contributed by atoms with E-state index in [2.05, 4.69) is 45.3 Å². The van der Waals surface area contributed by atoms with Gasteiger partial charge in [-0.2, -0.15) is 0 Å². The Morgan fingerprint density at radius 1 is 0.818 bits per heavy atom. The van der Waals surface area contributed by atoms with Crippen molar-refractivity contribution in [1.82, 2.24) is 9.21 Å². The van der Waals surface area contributed by atoms with Gasteiger partial charge in [0.25, 0.3) is 0 Å². The average Bonchev–Trinajstić information content (AvgIpc) is 3.48. The van der Waals surface area contributed by atoms with Gasteiger partial charge in [-0.3, -0.25) is 0 Å². The molecule has 0 aliphatic carbocycles. The van der Waals surface area contributed by atoms with Crippen LogP contribution in [0.5, 0.6) is 5.75 Å². The molecule has 14 heteroatoms. The zero-order valence-corrected chi connectivity index (χ0v) is 36.7. The third-order valence-electron chi connectivity index (χ3n) is 9.47. The molecule has 2 aliphatic heterocycles. The molecule has 3 aromatic carbocycles. The Morgan fingerprint density at radius 3 is 2.09 bits per heavy atom. The second kappa shape index (κ2) is 18.5. The number of carbonyl (C=O) groups excluding carboxylic acids is 1. The number of benzene rings is 3. The molecule has 0 bridgehead atoms. The Balaban J connectivity index is 1.12. The number of hydrogen-bond acceptors (Lipinski definition) is 9. The Bertz CT molecular complexity index is 1840. The first-order valence-corrected chi connectivity index (χ1v) is 28.0. The molecule has 1 amide bonds. The third kappa shape index (κ3) is 13.2. The number of rotatable bonds is 20. The molecular formula is C41H60N2O9SSi2. The van der Waals surface area contributed by atoms with Crippen LogP contribution in [0, 0.1) is 0 Å². The van der Waals surface area contributed by atoms with Gasteiger partial charge in [0.15, 0.2) is 0 Å². The number of amides is 1. The third-order valence-corrected chi connectivity index (χ3v) is 14.6. The molecule has 3 aromatic rings. The fourth-order valence-electron chi connectivity index (χ4n) is 6.06. The van der Waals surface area contributed by atoms with Crippen LogP contribution in [0.2, 0.25) is 51.4 Å². The minimum atomic E-state index is -3.88. The van der Waals surface area contributed by atoms with E-state index in [0.29, 0.717) is 45.9 Å². The fraction of sp³-hybridized carbons (Fsp3) is 0.537. The van der Waals surface area contributed by atoms with Crippen molar-refractivity contribution in [3.63, 3.8) is 0 Å². The van der Waals surface area contributed by atoms with Gasteiger partial charge >= 0.3 is 6.09 Å². The summed E-state index contributed by atoms with van der Waals surface area (Å²) in [6, 6.07) is 22.7. The van der Waals surface area contributed by atoms with E-state index >= 15 is 0 Å². The van der Waals surface area contributed by atoms with Crippen LogP contribution in [-0.4, -0.2) is 85.4 Å². The maximum absolute atomic E-state index is 13.8. The molecule has 0 spiro atoms. The lowest BCUT2D eigenvalue weighted by atomic mass is 10.0. The van der Waals surface area contributed by atoms with E-state index in [1.54, 1.807) is 23.1 Å². The second-order valence-corrected chi connectivity index (χ2v) is 30.5. The van der Waals surface area contributed by atoms with Crippen LogP contribution in [0.1, 0.15) is 47.8 Å². The van der Waals surface area contributed by atoms with Crippen LogP contribution in [-0.2, 0) is 59.9 Å². The molecule has 302 valence electrons. The normalized spacial score (nSPS) is 17.3. The van der Waals surface area contributed by atoms with Crippen molar-refractivity contribution in [3.05, 3.63) is 94.5 Å². The lowest BCUT2D eigenvalue weighted by molar-refractivity contribution is -0.180. The maximum atomic E-state index is 13.8. The summed E-state index contributed by atoms with van der Waals surface area (Å²) >= 11 is 0. The number of ether oxygens (including phenoxy) is 6. The van der Waals surface area contributed by atoms with Gasteiger partial charge < -0.3 is 33.3 Å². The van der Waals surface area contributed by atoms with Crippen molar-refractivity contribution in [2.24, 2.45) is 0 Å². The van der Waals surface area contributed by atoms with E-state index < -0.39 is 32.0 Å². The predicted octanol–water partition coefficient (Wildman–Crippen LogP) is 8.40. The fourth-order valence-corrected chi connectivity index (χ4v) is 8.85. The summed E-state index contributed by atoms with van der Waals surface area (Å²) in [5.74, 6) is 0.122. The van der Waals surface area contributed by atoms with Gasteiger partial charge in [0.2, 0.25) is 15.8 Å². The molecule has 2 aliphatic rings. The standard InChI is InChI=1S/C41H60N2O9SSi2/c1-41(2)50-29-36-25-35(15-16-38(36)52-41)39-26-42(40(44)51-39)18-17-32-11-9-12-33(23-32)27-49-28-34-13-10-14-37(24-34)53(45,46)43(30-47-19-21-54(3,4)5)31-48-20-22-55(6,7)8/h9-16,23-25,39H,17-22,26-31H2,1-8H3/t39-/m0/s1. The van der Waals surface area contributed by atoms with Gasteiger partial charge in [0, 0.05) is 55.3 Å². The number of carbonyl (C=O) groups is 1. The summed E-state index contributed by atoms with van der Waals surface area (Å²) < 4.78 is 64.2. The lowest BCUT2D eigenvalue weighted by Gasteiger charge is -2.32. The minimum Gasteiger partial charge on any atom is -0.463 e. The van der Waals surface area contributed by atoms with Crippen LogP contribution in [0.25, 0.3) is 0 Å². The number of hydrogen-bond donors (Lipinski definition) is 0. The van der Waals surface area contributed by atoms with Crippen LogP contribution in [0.3, 0.4) is 0 Å². The number of sulfonamides is 1. The zero-order valence-electron chi connectivity index (χ0n) is 33.9. The summed E-state index contributed by atoms with van der Waals surface area (Å²) in [4.78, 5) is 14.7. The Labute approximate surface area is 330 Å². The highest BCUT2D eigenvalue weighted by Gasteiger charge is 2.34. The van der Waals surface area contributed by atoms with Crippen molar-refractivity contribution in [3.8, 4) is 5.75 Å². The average molecular weight is 813 g/mol. The molecule has 2 heterocycles. The molecule has 5 rings (SSSR count). The summed E-state index contributed by atoms with van der Waals surface area (Å²) in [6.45, 7) is 20.3. The second-order valence-electron chi connectivity index (χ2n) is 17.3. The van der Waals surface area contributed by atoms with Crippen LogP contribution < -0.4 is 4.74 Å². The van der Waals surface area contributed by atoms with E-state index in [0.717, 1.165) is 45.7 Å². The van der Waals surface area contributed by atoms with Crippen molar-refractivity contribution in [2.45, 2.75) is 108 Å². The first-order chi connectivity index (χ1) is 25.9. The largest absolute Gasteiger partial charge is 0.463 e. The van der Waals surface area contributed by atoms with Gasteiger partial charge in [-0.1, -0.05) is 81.7 Å². The molecular weight excluding hydrogens is 753 g/mol. The van der Waals surface area contributed by atoms with E-state index in [9.17, 15) is 13.2 Å². The van der Waals surface area contributed by atoms with Gasteiger partial charge in [0.05, 0.1) is 31.3 Å².